The number of hydrogen-bond acceptors (Lipinski definition) is 2. The van der Waals surface area contributed by atoms with Crippen molar-refractivity contribution in [2.24, 2.45) is 0 Å². The Morgan fingerprint density at radius 3 is 2.89 bits per heavy atom. The summed E-state index contributed by atoms with van der Waals surface area (Å²) in [7, 11) is 0. The predicted molar refractivity (Wildman–Crippen MR) is 72.2 cm³/mol. The van der Waals surface area contributed by atoms with Crippen molar-refractivity contribution in [2.45, 2.75) is 39.4 Å². The molecule has 1 unspecified atom stereocenters. The lowest BCUT2D eigenvalue weighted by molar-refractivity contribution is -0.131. The van der Waals surface area contributed by atoms with Crippen LogP contribution in [0.2, 0.25) is 0 Å². The van der Waals surface area contributed by atoms with E-state index in [1.165, 1.54) is 18.2 Å². The first-order chi connectivity index (χ1) is 9.02. The molecule has 19 heavy (non-hydrogen) atoms. The molecule has 0 amide bonds. The summed E-state index contributed by atoms with van der Waals surface area (Å²) < 4.78 is 18.8. The van der Waals surface area contributed by atoms with Crippen LogP contribution in [0, 0.1) is 5.82 Å². The largest absolute Gasteiger partial charge is 0.478 e. The summed E-state index contributed by atoms with van der Waals surface area (Å²) in [4.78, 5) is 10.5. The number of carbonyl (C=O) groups is 1. The molecule has 104 valence electrons. The van der Waals surface area contributed by atoms with Crippen molar-refractivity contribution in [1.82, 2.24) is 0 Å². The van der Waals surface area contributed by atoms with Crippen molar-refractivity contribution in [3.05, 3.63) is 41.2 Å². The fraction of sp³-hybridized carbons (Fsp3) is 0.400. The molecule has 0 saturated heterocycles. The summed E-state index contributed by atoms with van der Waals surface area (Å²) in [5.41, 5.74) is 1.31. The van der Waals surface area contributed by atoms with Crippen LogP contribution in [0.1, 0.15) is 37.8 Å². The molecule has 0 aliphatic carbocycles. The normalized spacial score (nSPS) is 12.8. The van der Waals surface area contributed by atoms with Crippen molar-refractivity contribution >= 4 is 12.0 Å². The molecular formula is C15H19FO3. The molecule has 1 aromatic carbocycles. The van der Waals surface area contributed by atoms with Gasteiger partial charge in [0.15, 0.2) is 0 Å². The third-order valence-electron chi connectivity index (χ3n) is 2.73. The first kappa shape index (κ1) is 15.4. The summed E-state index contributed by atoms with van der Waals surface area (Å²) in [6.45, 7) is 4.42. The zero-order valence-corrected chi connectivity index (χ0v) is 11.2. The van der Waals surface area contributed by atoms with E-state index in [1.54, 1.807) is 6.07 Å². The highest BCUT2D eigenvalue weighted by atomic mass is 19.1. The van der Waals surface area contributed by atoms with E-state index in [4.69, 9.17) is 9.84 Å². The third kappa shape index (κ3) is 5.66. The van der Waals surface area contributed by atoms with Gasteiger partial charge in [-0.25, -0.2) is 9.18 Å². The summed E-state index contributed by atoms with van der Waals surface area (Å²) in [5.74, 6) is -1.45. The number of rotatable bonds is 7. The first-order valence-corrected chi connectivity index (χ1v) is 6.34. The molecule has 0 aromatic heterocycles. The quantitative estimate of drug-likeness (QED) is 0.766. The van der Waals surface area contributed by atoms with Crippen molar-refractivity contribution in [3.63, 3.8) is 0 Å². The summed E-state index contributed by atoms with van der Waals surface area (Å²) in [5, 5.41) is 8.61. The van der Waals surface area contributed by atoms with E-state index in [0.29, 0.717) is 12.2 Å². The molecule has 0 radical (unpaired) electrons. The average molecular weight is 266 g/mol. The summed E-state index contributed by atoms with van der Waals surface area (Å²) in [6, 6.07) is 4.28. The Bertz CT molecular complexity index is 455. The van der Waals surface area contributed by atoms with Gasteiger partial charge in [-0.05, 0) is 42.7 Å². The predicted octanol–water partition coefficient (Wildman–Crippen LogP) is 3.63. The molecule has 0 spiro atoms. The Balaban J connectivity index is 2.79. The third-order valence-corrected chi connectivity index (χ3v) is 2.73. The molecule has 0 aliphatic rings. The standard InChI is InChI=1S/C15H19FO3/c1-3-4-11(2)19-10-13-5-7-14(16)9-12(13)6-8-15(17)18/h5-9,11H,3-4,10H2,1-2H3,(H,17,18)/b8-6+. The van der Waals surface area contributed by atoms with E-state index >= 15 is 0 Å². The highest BCUT2D eigenvalue weighted by Gasteiger charge is 2.06. The van der Waals surface area contributed by atoms with Crippen LogP contribution in [0.15, 0.2) is 24.3 Å². The monoisotopic (exact) mass is 266 g/mol. The molecule has 0 fully saturated rings. The minimum atomic E-state index is -1.06. The Morgan fingerprint density at radius 2 is 2.26 bits per heavy atom. The van der Waals surface area contributed by atoms with Crippen LogP contribution in [0.25, 0.3) is 6.08 Å². The zero-order chi connectivity index (χ0) is 14.3. The maximum Gasteiger partial charge on any atom is 0.328 e. The Labute approximate surface area is 112 Å². The van der Waals surface area contributed by atoms with E-state index in [-0.39, 0.29) is 6.10 Å². The molecule has 1 N–H and O–H groups in total. The fourth-order valence-electron chi connectivity index (χ4n) is 1.74. The first-order valence-electron chi connectivity index (χ1n) is 6.34. The number of carboxylic acids is 1. The molecule has 1 atom stereocenters. The molecule has 0 bridgehead atoms. The van der Waals surface area contributed by atoms with Gasteiger partial charge in [-0.15, -0.1) is 0 Å². The van der Waals surface area contributed by atoms with Gasteiger partial charge in [-0.1, -0.05) is 19.4 Å². The minimum absolute atomic E-state index is 0.131. The van der Waals surface area contributed by atoms with Crippen LogP contribution in [0.4, 0.5) is 4.39 Å². The SMILES string of the molecule is CCCC(C)OCc1ccc(F)cc1/C=C/C(=O)O. The Hall–Kier alpha value is -1.68. The lowest BCUT2D eigenvalue weighted by atomic mass is 10.1. The van der Waals surface area contributed by atoms with Crippen LogP contribution in [0.5, 0.6) is 0 Å². The molecule has 4 heteroatoms. The smallest absolute Gasteiger partial charge is 0.328 e. The van der Waals surface area contributed by atoms with Gasteiger partial charge < -0.3 is 9.84 Å². The van der Waals surface area contributed by atoms with Crippen LogP contribution in [-0.4, -0.2) is 17.2 Å². The number of ether oxygens (including phenoxy) is 1. The number of hydrogen-bond donors (Lipinski definition) is 1. The second kappa shape index (κ2) is 7.69. The molecule has 1 aromatic rings. The highest BCUT2D eigenvalue weighted by Crippen LogP contribution is 2.16. The summed E-state index contributed by atoms with van der Waals surface area (Å²) >= 11 is 0. The molecule has 0 heterocycles. The maximum atomic E-state index is 13.2. The highest BCUT2D eigenvalue weighted by molar-refractivity contribution is 5.85. The second-order valence-corrected chi connectivity index (χ2v) is 4.43. The van der Waals surface area contributed by atoms with Crippen molar-refractivity contribution in [3.8, 4) is 0 Å². The fourth-order valence-corrected chi connectivity index (χ4v) is 1.74. The van der Waals surface area contributed by atoms with Gasteiger partial charge in [0.25, 0.3) is 0 Å². The van der Waals surface area contributed by atoms with Gasteiger partial charge in [0, 0.05) is 6.08 Å². The van der Waals surface area contributed by atoms with E-state index in [0.717, 1.165) is 24.5 Å². The average Bonchev–Trinajstić information content (AvgIpc) is 2.35. The number of aliphatic carboxylic acids is 1. The van der Waals surface area contributed by atoms with Crippen molar-refractivity contribution in [1.29, 1.82) is 0 Å². The van der Waals surface area contributed by atoms with Crippen LogP contribution in [-0.2, 0) is 16.1 Å². The van der Waals surface area contributed by atoms with E-state index in [2.05, 4.69) is 6.92 Å². The van der Waals surface area contributed by atoms with Crippen molar-refractivity contribution < 1.29 is 19.0 Å². The molecule has 0 saturated carbocycles. The van der Waals surface area contributed by atoms with Crippen LogP contribution < -0.4 is 0 Å². The van der Waals surface area contributed by atoms with Crippen molar-refractivity contribution in [2.75, 3.05) is 0 Å². The van der Waals surface area contributed by atoms with E-state index < -0.39 is 11.8 Å². The van der Waals surface area contributed by atoms with Crippen LogP contribution in [0.3, 0.4) is 0 Å². The van der Waals surface area contributed by atoms with Gasteiger partial charge in [-0.3, -0.25) is 0 Å². The van der Waals surface area contributed by atoms with Crippen LogP contribution >= 0.6 is 0 Å². The lowest BCUT2D eigenvalue weighted by Gasteiger charge is -2.13. The molecule has 3 nitrogen and oxygen atoms in total. The van der Waals surface area contributed by atoms with Gasteiger partial charge in [0.05, 0.1) is 12.7 Å². The molecule has 0 aliphatic heterocycles. The summed E-state index contributed by atoms with van der Waals surface area (Å²) in [6.07, 6.45) is 4.51. The number of halogens is 1. The molecule has 1 rings (SSSR count). The second-order valence-electron chi connectivity index (χ2n) is 4.43. The van der Waals surface area contributed by atoms with E-state index in [1.807, 2.05) is 6.92 Å². The van der Waals surface area contributed by atoms with Gasteiger partial charge in [0.1, 0.15) is 5.82 Å². The Kier molecular flexibility index (Phi) is 6.22. The topological polar surface area (TPSA) is 46.5 Å². The number of carboxylic acid groups (broad SMARTS) is 1. The molecular weight excluding hydrogens is 247 g/mol. The zero-order valence-electron chi connectivity index (χ0n) is 11.2. The van der Waals surface area contributed by atoms with E-state index in [9.17, 15) is 9.18 Å². The van der Waals surface area contributed by atoms with Gasteiger partial charge in [-0.2, -0.15) is 0 Å². The maximum absolute atomic E-state index is 13.2. The van der Waals surface area contributed by atoms with Gasteiger partial charge >= 0.3 is 5.97 Å². The van der Waals surface area contributed by atoms with Gasteiger partial charge in [0.2, 0.25) is 0 Å². The number of benzene rings is 1. The lowest BCUT2D eigenvalue weighted by Crippen LogP contribution is -2.08. The Morgan fingerprint density at radius 1 is 1.53 bits per heavy atom. The minimum Gasteiger partial charge on any atom is -0.478 e.